The number of ether oxygens (including phenoxy) is 1. The van der Waals surface area contributed by atoms with Crippen molar-refractivity contribution in [3.05, 3.63) is 47.5 Å². The largest absolute Gasteiger partial charge is 0.481 e. The van der Waals surface area contributed by atoms with E-state index in [2.05, 4.69) is 4.74 Å². The molecule has 0 unspecified atom stereocenters. The molecule has 2 aromatic carbocycles. The Balaban J connectivity index is 2.52. The summed E-state index contributed by atoms with van der Waals surface area (Å²) in [7, 11) is 1.34. The molecule has 4 nitrogen and oxygen atoms in total. The van der Waals surface area contributed by atoms with Crippen LogP contribution >= 0.6 is 0 Å². The van der Waals surface area contributed by atoms with E-state index in [1.165, 1.54) is 7.11 Å². The van der Waals surface area contributed by atoms with Gasteiger partial charge >= 0.3 is 11.9 Å². The number of carbonyl (C=O) groups excluding carboxylic acids is 1. The fourth-order valence-corrected chi connectivity index (χ4v) is 2.00. The molecule has 4 heteroatoms. The molecule has 0 radical (unpaired) electrons. The second kappa shape index (κ2) is 4.96. The summed E-state index contributed by atoms with van der Waals surface area (Å²) in [6.07, 6.45) is 0. The van der Waals surface area contributed by atoms with E-state index in [4.69, 9.17) is 0 Å². The lowest BCUT2D eigenvalue weighted by Crippen LogP contribution is -2.28. The highest BCUT2D eigenvalue weighted by Gasteiger charge is 2.29. The Morgan fingerprint density at radius 1 is 1.05 bits per heavy atom. The molecule has 20 heavy (non-hydrogen) atoms. The third-order valence-corrected chi connectivity index (χ3v) is 3.52. The fourth-order valence-electron chi connectivity index (χ4n) is 2.00. The van der Waals surface area contributed by atoms with Crippen molar-refractivity contribution >= 4 is 22.7 Å². The Bertz CT molecular complexity index is 686. The molecule has 2 rings (SSSR count). The van der Waals surface area contributed by atoms with Crippen LogP contribution in [0.15, 0.2) is 36.4 Å². The van der Waals surface area contributed by atoms with Gasteiger partial charge in [0.2, 0.25) is 0 Å². The first-order valence-corrected chi connectivity index (χ1v) is 6.22. The van der Waals surface area contributed by atoms with Gasteiger partial charge in [-0.25, -0.2) is 4.79 Å². The Labute approximate surface area is 117 Å². The molecule has 0 bridgehead atoms. The number of methoxy groups -OCH3 is 1. The summed E-state index contributed by atoms with van der Waals surface area (Å²) in [5.41, 5.74) is 0.253. The first kappa shape index (κ1) is 14.1. The first-order valence-electron chi connectivity index (χ1n) is 6.22. The highest BCUT2D eigenvalue weighted by molar-refractivity contribution is 5.96. The standard InChI is InChI=1S/C16H16O4/c1-16(2,15(18)19)13-7-6-10-8-12(14(17)20-3)5-4-11(10)9-13/h4-9H,1-3H3,(H,18,19). The number of hydrogen-bond acceptors (Lipinski definition) is 3. The van der Waals surface area contributed by atoms with Crippen molar-refractivity contribution in [1.82, 2.24) is 0 Å². The number of carboxylic acid groups (broad SMARTS) is 1. The van der Waals surface area contributed by atoms with Gasteiger partial charge in [0.05, 0.1) is 18.1 Å². The van der Waals surface area contributed by atoms with Crippen LogP contribution in [-0.2, 0) is 14.9 Å². The van der Waals surface area contributed by atoms with Crippen LogP contribution in [-0.4, -0.2) is 24.2 Å². The van der Waals surface area contributed by atoms with Gasteiger partial charge in [-0.3, -0.25) is 4.79 Å². The van der Waals surface area contributed by atoms with E-state index in [0.717, 1.165) is 16.3 Å². The third kappa shape index (κ3) is 2.37. The van der Waals surface area contributed by atoms with Crippen LogP contribution in [0.25, 0.3) is 10.8 Å². The fraction of sp³-hybridized carbons (Fsp3) is 0.250. The quantitative estimate of drug-likeness (QED) is 0.872. The Kier molecular flexibility index (Phi) is 3.49. The molecule has 2 aromatic rings. The lowest BCUT2D eigenvalue weighted by atomic mass is 9.84. The lowest BCUT2D eigenvalue weighted by molar-refractivity contribution is -0.142. The van der Waals surface area contributed by atoms with Crippen molar-refractivity contribution in [2.24, 2.45) is 0 Å². The van der Waals surface area contributed by atoms with Crippen molar-refractivity contribution < 1.29 is 19.4 Å². The zero-order valence-corrected chi connectivity index (χ0v) is 11.6. The van der Waals surface area contributed by atoms with Crippen LogP contribution in [0.1, 0.15) is 29.8 Å². The molecule has 0 heterocycles. The van der Waals surface area contributed by atoms with Crippen LogP contribution in [0.3, 0.4) is 0 Å². The van der Waals surface area contributed by atoms with Crippen LogP contribution < -0.4 is 0 Å². The van der Waals surface area contributed by atoms with E-state index in [-0.39, 0.29) is 5.97 Å². The number of hydrogen-bond donors (Lipinski definition) is 1. The van der Waals surface area contributed by atoms with Crippen LogP contribution in [0, 0.1) is 0 Å². The van der Waals surface area contributed by atoms with Gasteiger partial charge in [-0.05, 0) is 42.3 Å². The molecule has 0 saturated heterocycles. The van der Waals surface area contributed by atoms with E-state index in [0.29, 0.717) is 5.56 Å². The lowest BCUT2D eigenvalue weighted by Gasteiger charge is -2.20. The molecule has 0 spiro atoms. The number of aliphatic carboxylic acids is 1. The maximum atomic E-state index is 11.5. The van der Waals surface area contributed by atoms with Crippen molar-refractivity contribution in [2.75, 3.05) is 7.11 Å². The molecule has 0 atom stereocenters. The van der Waals surface area contributed by atoms with Gasteiger partial charge in [0.1, 0.15) is 0 Å². The topological polar surface area (TPSA) is 63.6 Å². The molecule has 0 aliphatic carbocycles. The molecule has 0 amide bonds. The maximum Gasteiger partial charge on any atom is 0.337 e. The number of carbonyl (C=O) groups is 2. The molecule has 104 valence electrons. The van der Waals surface area contributed by atoms with Gasteiger partial charge in [0.25, 0.3) is 0 Å². The van der Waals surface area contributed by atoms with Gasteiger partial charge in [-0.1, -0.05) is 24.3 Å². The minimum Gasteiger partial charge on any atom is -0.481 e. The van der Waals surface area contributed by atoms with Crippen LogP contribution in [0.4, 0.5) is 0 Å². The highest BCUT2D eigenvalue weighted by Crippen LogP contribution is 2.27. The molecule has 1 N–H and O–H groups in total. The zero-order chi connectivity index (χ0) is 14.9. The van der Waals surface area contributed by atoms with Crippen LogP contribution in [0.5, 0.6) is 0 Å². The Hall–Kier alpha value is -2.36. The SMILES string of the molecule is COC(=O)c1ccc2cc(C(C)(C)C(=O)O)ccc2c1. The van der Waals surface area contributed by atoms with Gasteiger partial charge in [0, 0.05) is 0 Å². The van der Waals surface area contributed by atoms with E-state index < -0.39 is 11.4 Å². The van der Waals surface area contributed by atoms with Crippen molar-refractivity contribution in [2.45, 2.75) is 19.3 Å². The normalized spacial score (nSPS) is 11.3. The average molecular weight is 272 g/mol. The average Bonchev–Trinajstić information content (AvgIpc) is 2.45. The summed E-state index contributed by atoms with van der Waals surface area (Å²) in [5.74, 6) is -1.26. The summed E-state index contributed by atoms with van der Waals surface area (Å²) >= 11 is 0. The maximum absolute atomic E-state index is 11.5. The molecule has 0 saturated carbocycles. The number of rotatable bonds is 3. The number of benzene rings is 2. The van der Waals surface area contributed by atoms with Gasteiger partial charge in [-0.15, -0.1) is 0 Å². The smallest absolute Gasteiger partial charge is 0.337 e. The molecular weight excluding hydrogens is 256 g/mol. The third-order valence-electron chi connectivity index (χ3n) is 3.52. The minimum absolute atomic E-state index is 0.387. The second-order valence-corrected chi connectivity index (χ2v) is 5.20. The van der Waals surface area contributed by atoms with Crippen LogP contribution in [0.2, 0.25) is 0 Å². The zero-order valence-electron chi connectivity index (χ0n) is 11.6. The van der Waals surface area contributed by atoms with Gasteiger partial charge < -0.3 is 9.84 Å². The second-order valence-electron chi connectivity index (χ2n) is 5.20. The van der Waals surface area contributed by atoms with Crippen molar-refractivity contribution in [1.29, 1.82) is 0 Å². The van der Waals surface area contributed by atoms with Crippen molar-refractivity contribution in [3.8, 4) is 0 Å². The monoisotopic (exact) mass is 272 g/mol. The summed E-state index contributed by atoms with van der Waals surface area (Å²) in [5, 5.41) is 11.0. The summed E-state index contributed by atoms with van der Waals surface area (Å²) in [6.45, 7) is 3.33. The predicted molar refractivity (Wildman–Crippen MR) is 75.9 cm³/mol. The minimum atomic E-state index is -0.949. The van der Waals surface area contributed by atoms with E-state index in [1.807, 2.05) is 12.1 Å². The van der Waals surface area contributed by atoms with Gasteiger partial charge in [0.15, 0.2) is 0 Å². The van der Waals surface area contributed by atoms with Gasteiger partial charge in [-0.2, -0.15) is 0 Å². The van der Waals surface area contributed by atoms with E-state index in [1.54, 1.807) is 38.1 Å². The number of esters is 1. The molecule has 0 fully saturated rings. The first-order chi connectivity index (χ1) is 9.36. The molecule has 0 aromatic heterocycles. The predicted octanol–water partition coefficient (Wildman–Crippen LogP) is 2.99. The Morgan fingerprint density at radius 2 is 1.65 bits per heavy atom. The highest BCUT2D eigenvalue weighted by atomic mass is 16.5. The summed E-state index contributed by atoms with van der Waals surface area (Å²) in [4.78, 5) is 22.8. The molecule has 0 aliphatic rings. The Morgan fingerprint density at radius 3 is 2.25 bits per heavy atom. The molecular formula is C16H16O4. The van der Waals surface area contributed by atoms with Crippen molar-refractivity contribution in [3.63, 3.8) is 0 Å². The molecule has 0 aliphatic heterocycles. The number of carboxylic acids is 1. The summed E-state index contributed by atoms with van der Waals surface area (Å²) < 4.78 is 4.68. The van der Waals surface area contributed by atoms with E-state index >= 15 is 0 Å². The summed E-state index contributed by atoms with van der Waals surface area (Å²) in [6, 6.07) is 10.6. The van der Waals surface area contributed by atoms with E-state index in [9.17, 15) is 14.7 Å². The number of fused-ring (bicyclic) bond motifs is 1.